The summed E-state index contributed by atoms with van der Waals surface area (Å²) in [5.41, 5.74) is 5.43. The molecule has 0 aliphatic heterocycles. The van der Waals surface area contributed by atoms with Crippen molar-refractivity contribution in [2.45, 2.75) is 19.8 Å². The zero-order valence-corrected chi connectivity index (χ0v) is 11.5. The van der Waals surface area contributed by atoms with Gasteiger partial charge < -0.3 is 0 Å². The van der Waals surface area contributed by atoms with Crippen molar-refractivity contribution in [2.24, 2.45) is 5.10 Å². The van der Waals surface area contributed by atoms with Gasteiger partial charge in [-0.05, 0) is 37.0 Å². The van der Waals surface area contributed by atoms with Crippen LogP contribution < -0.4 is 5.43 Å². The molecule has 0 atom stereocenters. The van der Waals surface area contributed by atoms with Gasteiger partial charge in [0.05, 0.1) is 0 Å². The summed E-state index contributed by atoms with van der Waals surface area (Å²) < 4.78 is 0. The highest BCUT2D eigenvalue weighted by molar-refractivity contribution is 5.95. The lowest BCUT2D eigenvalue weighted by Crippen LogP contribution is -2.18. The first kappa shape index (κ1) is 14.0. The molecule has 3 heteroatoms. The number of nitrogens with one attached hydrogen (secondary N) is 1. The van der Waals surface area contributed by atoms with E-state index < -0.39 is 0 Å². The lowest BCUT2D eigenvalue weighted by molar-refractivity contribution is 0.0954. The van der Waals surface area contributed by atoms with Gasteiger partial charge in [-0.25, -0.2) is 5.43 Å². The van der Waals surface area contributed by atoms with E-state index in [9.17, 15) is 4.79 Å². The number of carbonyl (C=O) groups is 1. The van der Waals surface area contributed by atoms with Gasteiger partial charge in [0.2, 0.25) is 0 Å². The molecule has 0 saturated heterocycles. The maximum atomic E-state index is 11.9. The van der Waals surface area contributed by atoms with E-state index in [1.807, 2.05) is 43.3 Å². The fourth-order valence-corrected chi connectivity index (χ4v) is 1.93. The number of aryl methyl sites for hydroxylation is 2. The van der Waals surface area contributed by atoms with Gasteiger partial charge in [0, 0.05) is 11.8 Å². The Bertz CT molecular complexity index is 591. The molecule has 0 unspecified atom stereocenters. The van der Waals surface area contributed by atoms with Crippen LogP contribution in [0.1, 0.15) is 27.9 Å². The Labute approximate surface area is 119 Å². The highest BCUT2D eigenvalue weighted by Crippen LogP contribution is 2.06. The van der Waals surface area contributed by atoms with Crippen molar-refractivity contribution < 1.29 is 4.79 Å². The van der Waals surface area contributed by atoms with Crippen molar-refractivity contribution in [1.29, 1.82) is 0 Å². The number of hydrazone groups is 1. The Kier molecular flexibility index (Phi) is 5.07. The van der Waals surface area contributed by atoms with Crippen LogP contribution in [0.5, 0.6) is 0 Å². The molecule has 102 valence electrons. The zero-order chi connectivity index (χ0) is 14.2. The van der Waals surface area contributed by atoms with E-state index in [-0.39, 0.29) is 5.91 Å². The number of rotatable bonds is 5. The molecule has 3 nitrogen and oxygen atoms in total. The topological polar surface area (TPSA) is 41.5 Å². The number of hydrogen-bond acceptors (Lipinski definition) is 2. The molecule has 2 rings (SSSR count). The molecule has 1 N–H and O–H groups in total. The first-order valence-corrected chi connectivity index (χ1v) is 6.69. The third-order valence-electron chi connectivity index (χ3n) is 3.05. The second-order valence-electron chi connectivity index (χ2n) is 4.59. The molecule has 0 aliphatic rings. The van der Waals surface area contributed by atoms with Gasteiger partial charge >= 0.3 is 0 Å². The zero-order valence-electron chi connectivity index (χ0n) is 11.5. The van der Waals surface area contributed by atoms with Crippen LogP contribution in [-0.2, 0) is 6.42 Å². The van der Waals surface area contributed by atoms with Crippen molar-refractivity contribution in [3.8, 4) is 0 Å². The van der Waals surface area contributed by atoms with Crippen LogP contribution in [-0.4, -0.2) is 12.1 Å². The average Bonchev–Trinajstić information content (AvgIpc) is 2.48. The Balaban J connectivity index is 1.79. The number of benzene rings is 2. The van der Waals surface area contributed by atoms with Crippen molar-refractivity contribution >= 4 is 12.1 Å². The first-order valence-electron chi connectivity index (χ1n) is 6.69. The molecule has 20 heavy (non-hydrogen) atoms. The molecule has 0 saturated carbocycles. The van der Waals surface area contributed by atoms with Gasteiger partial charge in [0.1, 0.15) is 0 Å². The Hall–Kier alpha value is -2.42. The van der Waals surface area contributed by atoms with E-state index in [4.69, 9.17) is 0 Å². The lowest BCUT2D eigenvalue weighted by Gasteiger charge is -2.03. The van der Waals surface area contributed by atoms with E-state index in [0.717, 1.165) is 18.4 Å². The SMILES string of the molecule is Cc1ccccc1C(=O)N/N=C\CCc1ccccc1. The molecule has 0 spiro atoms. The van der Waals surface area contributed by atoms with Gasteiger partial charge in [-0.15, -0.1) is 0 Å². The fraction of sp³-hybridized carbons (Fsp3) is 0.176. The number of nitrogens with zero attached hydrogens (tertiary/aromatic N) is 1. The third-order valence-corrected chi connectivity index (χ3v) is 3.05. The molecule has 0 radical (unpaired) electrons. The van der Waals surface area contributed by atoms with Gasteiger partial charge in [-0.1, -0.05) is 48.5 Å². The second-order valence-corrected chi connectivity index (χ2v) is 4.59. The molecule has 0 fully saturated rings. The Morgan fingerprint density at radius 1 is 1.10 bits per heavy atom. The largest absolute Gasteiger partial charge is 0.271 e. The summed E-state index contributed by atoms with van der Waals surface area (Å²) >= 11 is 0. The maximum Gasteiger partial charge on any atom is 0.271 e. The van der Waals surface area contributed by atoms with E-state index in [1.165, 1.54) is 5.56 Å². The predicted molar refractivity (Wildman–Crippen MR) is 81.9 cm³/mol. The van der Waals surface area contributed by atoms with Crippen LogP contribution in [0.25, 0.3) is 0 Å². The van der Waals surface area contributed by atoms with Gasteiger partial charge in [0.15, 0.2) is 0 Å². The van der Waals surface area contributed by atoms with E-state index in [2.05, 4.69) is 22.7 Å². The molecule has 2 aromatic rings. The minimum Gasteiger partial charge on any atom is -0.267 e. The minimum absolute atomic E-state index is 0.168. The fourth-order valence-electron chi connectivity index (χ4n) is 1.93. The highest BCUT2D eigenvalue weighted by atomic mass is 16.2. The third kappa shape index (κ3) is 4.05. The molecule has 2 aromatic carbocycles. The van der Waals surface area contributed by atoms with Gasteiger partial charge in [-0.3, -0.25) is 4.79 Å². The van der Waals surface area contributed by atoms with E-state index in [0.29, 0.717) is 5.56 Å². The summed E-state index contributed by atoms with van der Waals surface area (Å²) in [5, 5.41) is 3.98. The van der Waals surface area contributed by atoms with Crippen molar-refractivity contribution in [2.75, 3.05) is 0 Å². The summed E-state index contributed by atoms with van der Waals surface area (Å²) in [6, 6.07) is 17.7. The summed E-state index contributed by atoms with van der Waals surface area (Å²) in [6.45, 7) is 1.91. The average molecular weight is 266 g/mol. The van der Waals surface area contributed by atoms with Crippen molar-refractivity contribution in [1.82, 2.24) is 5.43 Å². The van der Waals surface area contributed by atoms with Gasteiger partial charge in [0.25, 0.3) is 5.91 Å². The molecule has 0 bridgehead atoms. The standard InChI is InChI=1S/C17H18N2O/c1-14-8-5-6-12-16(14)17(20)19-18-13-7-11-15-9-3-2-4-10-15/h2-6,8-10,12-13H,7,11H2,1H3,(H,19,20)/b18-13-. The van der Waals surface area contributed by atoms with E-state index in [1.54, 1.807) is 12.3 Å². The summed E-state index contributed by atoms with van der Waals surface area (Å²) in [5.74, 6) is -0.168. The quantitative estimate of drug-likeness (QED) is 0.654. The summed E-state index contributed by atoms with van der Waals surface area (Å²) in [6.07, 6.45) is 3.46. The molecule has 0 aromatic heterocycles. The summed E-state index contributed by atoms with van der Waals surface area (Å²) in [7, 11) is 0. The van der Waals surface area contributed by atoms with E-state index >= 15 is 0 Å². The first-order chi connectivity index (χ1) is 9.77. The normalized spacial score (nSPS) is 10.7. The number of amides is 1. The van der Waals surface area contributed by atoms with Crippen LogP contribution >= 0.6 is 0 Å². The van der Waals surface area contributed by atoms with Crippen LogP contribution in [0.4, 0.5) is 0 Å². The predicted octanol–water partition coefficient (Wildman–Crippen LogP) is 3.34. The van der Waals surface area contributed by atoms with Crippen molar-refractivity contribution in [3.05, 3.63) is 71.3 Å². The van der Waals surface area contributed by atoms with Crippen molar-refractivity contribution in [3.63, 3.8) is 0 Å². The maximum absolute atomic E-state index is 11.9. The van der Waals surface area contributed by atoms with Gasteiger partial charge in [-0.2, -0.15) is 5.10 Å². The molecule has 1 amide bonds. The minimum atomic E-state index is -0.168. The summed E-state index contributed by atoms with van der Waals surface area (Å²) in [4.78, 5) is 11.9. The molecular formula is C17H18N2O. The van der Waals surface area contributed by atoms with Crippen LogP contribution in [0.3, 0.4) is 0 Å². The van der Waals surface area contributed by atoms with Crippen LogP contribution in [0, 0.1) is 6.92 Å². The number of hydrogen-bond donors (Lipinski definition) is 1. The van der Waals surface area contributed by atoms with Crippen LogP contribution in [0.2, 0.25) is 0 Å². The van der Waals surface area contributed by atoms with Crippen LogP contribution in [0.15, 0.2) is 59.7 Å². The number of carbonyl (C=O) groups excluding carboxylic acids is 1. The molecule has 0 heterocycles. The Morgan fingerprint density at radius 2 is 1.80 bits per heavy atom. The smallest absolute Gasteiger partial charge is 0.267 e. The monoisotopic (exact) mass is 266 g/mol. The molecular weight excluding hydrogens is 248 g/mol. The highest BCUT2D eigenvalue weighted by Gasteiger charge is 2.05. The second kappa shape index (κ2) is 7.24. The molecule has 0 aliphatic carbocycles. The Morgan fingerprint density at radius 3 is 2.55 bits per heavy atom. The lowest BCUT2D eigenvalue weighted by atomic mass is 10.1.